The molecule has 1 saturated carbocycles. The lowest BCUT2D eigenvalue weighted by atomic mass is 10.3. The van der Waals surface area contributed by atoms with Crippen molar-refractivity contribution >= 4 is 21.7 Å². The zero-order chi connectivity index (χ0) is 14.8. The topological polar surface area (TPSA) is 47.0 Å². The summed E-state index contributed by atoms with van der Waals surface area (Å²) in [5, 5.41) is 3.18. The monoisotopic (exact) mass is 351 g/mol. The van der Waals surface area contributed by atoms with Crippen molar-refractivity contribution in [3.63, 3.8) is 0 Å². The van der Waals surface area contributed by atoms with E-state index in [1.54, 1.807) is 12.1 Å². The van der Waals surface area contributed by atoms with Gasteiger partial charge in [0.05, 0.1) is 4.47 Å². The Bertz CT molecular complexity index is 661. The van der Waals surface area contributed by atoms with Crippen molar-refractivity contribution in [2.45, 2.75) is 25.7 Å². The SMILES string of the molecule is CCNc1cc(Oc2ccc(F)cc2Br)nc(C2CC2)n1. The molecule has 1 N–H and O–H groups in total. The predicted molar refractivity (Wildman–Crippen MR) is 82.3 cm³/mol. The minimum Gasteiger partial charge on any atom is -0.438 e. The van der Waals surface area contributed by atoms with Gasteiger partial charge in [0.25, 0.3) is 0 Å². The number of hydrogen-bond acceptors (Lipinski definition) is 4. The fraction of sp³-hybridized carbons (Fsp3) is 0.333. The first-order valence-electron chi connectivity index (χ1n) is 6.91. The zero-order valence-corrected chi connectivity index (χ0v) is 13.2. The normalized spacial score (nSPS) is 14.0. The number of halogens is 2. The Kier molecular flexibility index (Phi) is 4.05. The van der Waals surface area contributed by atoms with Crippen molar-refractivity contribution in [1.82, 2.24) is 9.97 Å². The molecule has 0 saturated heterocycles. The number of rotatable bonds is 5. The molecule has 2 aromatic rings. The second-order valence-electron chi connectivity index (χ2n) is 4.93. The van der Waals surface area contributed by atoms with E-state index in [0.717, 1.165) is 31.0 Å². The van der Waals surface area contributed by atoms with Crippen LogP contribution >= 0.6 is 15.9 Å². The Morgan fingerprint density at radius 3 is 2.81 bits per heavy atom. The second kappa shape index (κ2) is 5.97. The van der Waals surface area contributed by atoms with Gasteiger partial charge in [0.2, 0.25) is 5.88 Å². The van der Waals surface area contributed by atoms with Crippen LogP contribution in [0.15, 0.2) is 28.7 Å². The molecule has 1 aromatic heterocycles. The maximum atomic E-state index is 13.1. The summed E-state index contributed by atoms with van der Waals surface area (Å²) in [5.41, 5.74) is 0. The van der Waals surface area contributed by atoms with Crippen molar-refractivity contribution in [1.29, 1.82) is 0 Å². The molecule has 1 fully saturated rings. The molecule has 1 heterocycles. The Balaban J connectivity index is 1.89. The van der Waals surface area contributed by atoms with Crippen molar-refractivity contribution in [3.05, 3.63) is 40.4 Å². The lowest BCUT2D eigenvalue weighted by Crippen LogP contribution is -2.04. The summed E-state index contributed by atoms with van der Waals surface area (Å²) in [6, 6.07) is 6.05. The van der Waals surface area contributed by atoms with Crippen LogP contribution in [-0.4, -0.2) is 16.5 Å². The van der Waals surface area contributed by atoms with Crippen molar-refractivity contribution in [3.8, 4) is 11.6 Å². The molecule has 0 amide bonds. The first kappa shape index (κ1) is 14.3. The highest BCUT2D eigenvalue weighted by Crippen LogP contribution is 2.39. The summed E-state index contributed by atoms with van der Waals surface area (Å²) in [5.74, 6) is 2.67. The fourth-order valence-corrected chi connectivity index (χ4v) is 2.39. The first-order chi connectivity index (χ1) is 10.2. The third kappa shape index (κ3) is 3.50. The van der Waals surface area contributed by atoms with Gasteiger partial charge in [-0.1, -0.05) is 0 Å². The third-order valence-corrected chi connectivity index (χ3v) is 3.75. The molecule has 0 atom stereocenters. The average Bonchev–Trinajstić information content (AvgIpc) is 3.27. The van der Waals surface area contributed by atoms with E-state index in [4.69, 9.17) is 4.74 Å². The smallest absolute Gasteiger partial charge is 0.224 e. The van der Waals surface area contributed by atoms with Gasteiger partial charge in [-0.3, -0.25) is 0 Å². The first-order valence-corrected chi connectivity index (χ1v) is 7.70. The molecule has 3 rings (SSSR count). The maximum absolute atomic E-state index is 13.1. The Morgan fingerprint density at radius 1 is 1.33 bits per heavy atom. The molecule has 6 heteroatoms. The number of anilines is 1. The van der Waals surface area contributed by atoms with Crippen molar-refractivity contribution < 1.29 is 9.13 Å². The largest absolute Gasteiger partial charge is 0.438 e. The van der Waals surface area contributed by atoms with E-state index in [1.165, 1.54) is 12.1 Å². The highest BCUT2D eigenvalue weighted by atomic mass is 79.9. The molecule has 0 radical (unpaired) electrons. The predicted octanol–water partition coefficient (Wildman–Crippen LogP) is 4.48. The van der Waals surface area contributed by atoms with Crippen LogP contribution in [-0.2, 0) is 0 Å². The number of ether oxygens (including phenoxy) is 1. The Morgan fingerprint density at radius 2 is 2.14 bits per heavy atom. The van der Waals surface area contributed by atoms with Gasteiger partial charge in [0.1, 0.15) is 23.2 Å². The van der Waals surface area contributed by atoms with Crippen molar-refractivity contribution in [2.24, 2.45) is 0 Å². The summed E-state index contributed by atoms with van der Waals surface area (Å²) in [6.45, 7) is 2.79. The van der Waals surface area contributed by atoms with Gasteiger partial charge >= 0.3 is 0 Å². The summed E-state index contributed by atoms with van der Waals surface area (Å²) in [4.78, 5) is 8.94. The molecule has 0 unspecified atom stereocenters. The highest BCUT2D eigenvalue weighted by molar-refractivity contribution is 9.10. The molecule has 21 heavy (non-hydrogen) atoms. The number of aromatic nitrogens is 2. The summed E-state index contributed by atoms with van der Waals surface area (Å²) >= 11 is 3.29. The van der Waals surface area contributed by atoms with Crippen LogP contribution in [0.5, 0.6) is 11.6 Å². The third-order valence-electron chi connectivity index (χ3n) is 3.13. The van der Waals surface area contributed by atoms with Gasteiger partial charge in [-0.05, 0) is 53.9 Å². The van der Waals surface area contributed by atoms with Gasteiger partial charge < -0.3 is 10.1 Å². The van der Waals surface area contributed by atoms with E-state index >= 15 is 0 Å². The standard InChI is InChI=1S/C15H15BrFN3O/c1-2-18-13-8-14(20-15(19-13)9-3-4-9)21-12-6-5-10(17)7-11(12)16/h5-9H,2-4H2,1H3,(H,18,19,20). The van der Waals surface area contributed by atoms with Crippen LogP contribution in [0.25, 0.3) is 0 Å². The molecule has 110 valence electrons. The minimum absolute atomic E-state index is 0.316. The van der Waals surface area contributed by atoms with Crippen LogP contribution in [0.4, 0.5) is 10.2 Å². The van der Waals surface area contributed by atoms with Gasteiger partial charge in [-0.15, -0.1) is 0 Å². The lowest BCUT2D eigenvalue weighted by Gasteiger charge is -2.10. The molecule has 1 aliphatic rings. The molecular formula is C15H15BrFN3O. The van der Waals surface area contributed by atoms with Crippen LogP contribution in [0.1, 0.15) is 31.5 Å². The van der Waals surface area contributed by atoms with Gasteiger partial charge in [-0.25, -0.2) is 9.37 Å². The maximum Gasteiger partial charge on any atom is 0.224 e. The Labute approximate surface area is 130 Å². The van der Waals surface area contributed by atoms with E-state index in [9.17, 15) is 4.39 Å². The van der Waals surface area contributed by atoms with E-state index in [1.807, 2.05) is 6.92 Å². The average molecular weight is 352 g/mol. The molecule has 4 nitrogen and oxygen atoms in total. The number of hydrogen-bond donors (Lipinski definition) is 1. The van der Waals surface area contributed by atoms with Gasteiger partial charge in [0, 0.05) is 18.5 Å². The lowest BCUT2D eigenvalue weighted by molar-refractivity contribution is 0.454. The molecule has 0 aliphatic heterocycles. The van der Waals surface area contributed by atoms with Crippen molar-refractivity contribution in [2.75, 3.05) is 11.9 Å². The van der Waals surface area contributed by atoms with E-state index in [-0.39, 0.29) is 5.82 Å². The molecule has 1 aliphatic carbocycles. The number of benzene rings is 1. The van der Waals surface area contributed by atoms with Gasteiger partial charge in [-0.2, -0.15) is 4.98 Å². The zero-order valence-electron chi connectivity index (χ0n) is 11.6. The Hall–Kier alpha value is -1.69. The van der Waals surface area contributed by atoms with Crippen LogP contribution < -0.4 is 10.1 Å². The fourth-order valence-electron chi connectivity index (χ4n) is 1.96. The molecule has 0 spiro atoms. The minimum atomic E-state index is -0.316. The molecule has 0 bridgehead atoms. The van der Waals surface area contributed by atoms with E-state index in [2.05, 4.69) is 31.2 Å². The second-order valence-corrected chi connectivity index (χ2v) is 5.79. The summed E-state index contributed by atoms with van der Waals surface area (Å²) in [7, 11) is 0. The van der Waals surface area contributed by atoms with E-state index in [0.29, 0.717) is 22.0 Å². The van der Waals surface area contributed by atoms with Crippen LogP contribution in [0.2, 0.25) is 0 Å². The molecular weight excluding hydrogens is 337 g/mol. The van der Waals surface area contributed by atoms with E-state index < -0.39 is 0 Å². The number of nitrogens with zero attached hydrogens (tertiary/aromatic N) is 2. The summed E-state index contributed by atoms with van der Waals surface area (Å²) < 4.78 is 19.4. The number of nitrogens with one attached hydrogen (secondary N) is 1. The summed E-state index contributed by atoms with van der Waals surface area (Å²) in [6.07, 6.45) is 2.24. The van der Waals surface area contributed by atoms with Crippen LogP contribution in [0.3, 0.4) is 0 Å². The van der Waals surface area contributed by atoms with Crippen LogP contribution in [0, 0.1) is 5.82 Å². The quantitative estimate of drug-likeness (QED) is 0.862. The molecule has 1 aromatic carbocycles. The van der Waals surface area contributed by atoms with Gasteiger partial charge in [0.15, 0.2) is 0 Å². The highest BCUT2D eigenvalue weighted by Gasteiger charge is 2.27.